The summed E-state index contributed by atoms with van der Waals surface area (Å²) in [5.74, 6) is 0.955. The van der Waals surface area contributed by atoms with E-state index in [1.165, 1.54) is 12.8 Å². The Labute approximate surface area is 112 Å². The Balaban J connectivity index is 2.01. The molecule has 6 nitrogen and oxygen atoms in total. The van der Waals surface area contributed by atoms with Crippen LogP contribution in [0.1, 0.15) is 25.7 Å². The average molecular weight is 261 g/mol. The molecule has 0 bridgehead atoms. The maximum atomic E-state index is 9.22. The summed E-state index contributed by atoms with van der Waals surface area (Å²) in [6.45, 7) is 1.22. The highest BCUT2D eigenvalue weighted by Crippen LogP contribution is 2.29. The van der Waals surface area contributed by atoms with Crippen LogP contribution < -0.4 is 4.90 Å². The number of fused-ring (bicyclic) bond motifs is 1. The van der Waals surface area contributed by atoms with Gasteiger partial charge in [0.15, 0.2) is 5.65 Å². The third kappa shape index (κ3) is 2.16. The second-order valence-electron chi connectivity index (χ2n) is 5.06. The fourth-order valence-electron chi connectivity index (χ4n) is 2.91. The average Bonchev–Trinajstić information content (AvgIpc) is 2.82. The van der Waals surface area contributed by atoms with Gasteiger partial charge in [0.05, 0.1) is 11.6 Å². The van der Waals surface area contributed by atoms with E-state index in [0.29, 0.717) is 6.04 Å². The number of hydrogen-bond donors (Lipinski definition) is 1. The third-order valence-corrected chi connectivity index (χ3v) is 3.87. The van der Waals surface area contributed by atoms with E-state index in [9.17, 15) is 5.11 Å². The Morgan fingerprint density at radius 2 is 2.26 bits per heavy atom. The summed E-state index contributed by atoms with van der Waals surface area (Å²) in [6, 6.07) is 0.372. The molecule has 2 aromatic rings. The maximum absolute atomic E-state index is 9.22. The largest absolute Gasteiger partial charge is 0.396 e. The molecule has 0 saturated carbocycles. The van der Waals surface area contributed by atoms with Crippen LogP contribution in [0, 0.1) is 0 Å². The number of aliphatic hydroxyl groups excluding tert-OH is 1. The van der Waals surface area contributed by atoms with Crippen LogP contribution in [0.25, 0.3) is 11.0 Å². The van der Waals surface area contributed by atoms with Crippen molar-refractivity contribution in [1.82, 2.24) is 19.7 Å². The first kappa shape index (κ1) is 12.3. The van der Waals surface area contributed by atoms with Gasteiger partial charge in [0, 0.05) is 26.2 Å². The van der Waals surface area contributed by atoms with Crippen LogP contribution in [0.4, 0.5) is 5.82 Å². The van der Waals surface area contributed by atoms with Crippen LogP contribution >= 0.6 is 0 Å². The number of aromatic nitrogens is 4. The van der Waals surface area contributed by atoms with Crippen LogP contribution in [-0.4, -0.2) is 44.0 Å². The molecule has 1 N–H and O–H groups in total. The minimum atomic E-state index is 0.225. The molecule has 102 valence electrons. The fraction of sp³-hybridized carbons (Fsp3) is 0.615. The molecular weight excluding hydrogens is 242 g/mol. The van der Waals surface area contributed by atoms with E-state index in [-0.39, 0.29) is 6.61 Å². The van der Waals surface area contributed by atoms with Gasteiger partial charge in [-0.15, -0.1) is 0 Å². The maximum Gasteiger partial charge on any atom is 0.163 e. The first-order valence-electron chi connectivity index (χ1n) is 6.81. The number of aryl methyl sites for hydroxylation is 1. The van der Waals surface area contributed by atoms with Crippen molar-refractivity contribution in [2.45, 2.75) is 31.7 Å². The second-order valence-corrected chi connectivity index (χ2v) is 5.06. The predicted molar refractivity (Wildman–Crippen MR) is 73.0 cm³/mol. The van der Waals surface area contributed by atoms with Gasteiger partial charge >= 0.3 is 0 Å². The quantitative estimate of drug-likeness (QED) is 0.896. The molecule has 3 rings (SSSR count). The lowest BCUT2D eigenvalue weighted by Crippen LogP contribution is -2.40. The molecule has 6 heteroatoms. The van der Waals surface area contributed by atoms with Crippen LogP contribution in [0.3, 0.4) is 0 Å². The van der Waals surface area contributed by atoms with Crippen molar-refractivity contribution in [3.63, 3.8) is 0 Å². The van der Waals surface area contributed by atoms with Gasteiger partial charge in [-0.3, -0.25) is 4.68 Å². The SMILES string of the molecule is Cn1ncc2c(N3CCCCC3CCO)ncnc21. The monoisotopic (exact) mass is 261 g/mol. The number of nitrogens with zero attached hydrogens (tertiary/aromatic N) is 5. The Bertz CT molecular complexity index is 565. The number of anilines is 1. The van der Waals surface area contributed by atoms with Crippen molar-refractivity contribution in [3.05, 3.63) is 12.5 Å². The van der Waals surface area contributed by atoms with E-state index in [2.05, 4.69) is 20.0 Å². The van der Waals surface area contributed by atoms with Crippen molar-refractivity contribution in [2.75, 3.05) is 18.1 Å². The molecule has 19 heavy (non-hydrogen) atoms. The van der Waals surface area contributed by atoms with Gasteiger partial charge in [-0.1, -0.05) is 0 Å². The number of rotatable bonds is 3. The van der Waals surface area contributed by atoms with Crippen molar-refractivity contribution in [2.24, 2.45) is 7.05 Å². The molecule has 0 aromatic carbocycles. The van der Waals surface area contributed by atoms with E-state index in [4.69, 9.17) is 0 Å². The normalized spacial score (nSPS) is 20.1. The molecular formula is C13H19N5O. The lowest BCUT2D eigenvalue weighted by Gasteiger charge is -2.36. The molecule has 1 saturated heterocycles. The van der Waals surface area contributed by atoms with Crippen molar-refractivity contribution < 1.29 is 5.11 Å². The Hall–Kier alpha value is -1.69. The number of aliphatic hydroxyl groups is 1. The first-order chi connectivity index (χ1) is 9.31. The molecule has 3 heterocycles. The highest BCUT2D eigenvalue weighted by Gasteiger charge is 2.25. The van der Waals surface area contributed by atoms with Gasteiger partial charge in [-0.25, -0.2) is 9.97 Å². The Kier molecular flexibility index (Phi) is 3.33. The van der Waals surface area contributed by atoms with E-state index in [0.717, 1.165) is 36.2 Å². The number of hydrogen-bond acceptors (Lipinski definition) is 5. The Morgan fingerprint density at radius 3 is 3.11 bits per heavy atom. The molecule has 1 atom stereocenters. The van der Waals surface area contributed by atoms with Crippen LogP contribution in [0.2, 0.25) is 0 Å². The molecule has 1 aliphatic rings. The zero-order chi connectivity index (χ0) is 13.2. The van der Waals surface area contributed by atoms with Gasteiger partial charge in [-0.2, -0.15) is 5.10 Å². The lowest BCUT2D eigenvalue weighted by atomic mass is 9.99. The minimum Gasteiger partial charge on any atom is -0.396 e. The summed E-state index contributed by atoms with van der Waals surface area (Å²) in [5, 5.41) is 14.5. The van der Waals surface area contributed by atoms with E-state index in [1.807, 2.05) is 13.2 Å². The van der Waals surface area contributed by atoms with Crippen LogP contribution in [-0.2, 0) is 7.05 Å². The minimum absolute atomic E-state index is 0.225. The standard InChI is InChI=1S/C13H19N5O/c1-17-12-11(8-16-17)13(15-9-14-12)18-6-3-2-4-10(18)5-7-19/h8-10,19H,2-7H2,1H3. The van der Waals surface area contributed by atoms with E-state index >= 15 is 0 Å². The first-order valence-corrected chi connectivity index (χ1v) is 6.81. The second kappa shape index (κ2) is 5.13. The van der Waals surface area contributed by atoms with Crippen LogP contribution in [0.15, 0.2) is 12.5 Å². The summed E-state index contributed by atoms with van der Waals surface area (Å²) >= 11 is 0. The smallest absolute Gasteiger partial charge is 0.163 e. The Morgan fingerprint density at radius 1 is 1.37 bits per heavy atom. The highest BCUT2D eigenvalue weighted by molar-refractivity contribution is 5.86. The van der Waals surface area contributed by atoms with Crippen molar-refractivity contribution >= 4 is 16.9 Å². The summed E-state index contributed by atoms with van der Waals surface area (Å²) in [5.41, 5.74) is 0.860. The van der Waals surface area contributed by atoms with Gasteiger partial charge in [0.1, 0.15) is 12.1 Å². The van der Waals surface area contributed by atoms with Gasteiger partial charge < -0.3 is 10.0 Å². The predicted octanol–water partition coefficient (Wildman–Crippen LogP) is 1.10. The van der Waals surface area contributed by atoms with E-state index < -0.39 is 0 Å². The summed E-state index contributed by atoms with van der Waals surface area (Å²) in [6.07, 6.45) is 7.74. The summed E-state index contributed by atoms with van der Waals surface area (Å²) in [7, 11) is 1.89. The molecule has 1 unspecified atom stereocenters. The lowest BCUT2D eigenvalue weighted by molar-refractivity contribution is 0.262. The zero-order valence-electron chi connectivity index (χ0n) is 11.2. The van der Waals surface area contributed by atoms with Gasteiger partial charge in [-0.05, 0) is 25.7 Å². The molecule has 0 aliphatic carbocycles. The highest BCUT2D eigenvalue weighted by atomic mass is 16.3. The van der Waals surface area contributed by atoms with Gasteiger partial charge in [0.2, 0.25) is 0 Å². The molecule has 0 spiro atoms. The molecule has 1 fully saturated rings. The fourth-order valence-corrected chi connectivity index (χ4v) is 2.91. The van der Waals surface area contributed by atoms with Crippen molar-refractivity contribution in [3.8, 4) is 0 Å². The van der Waals surface area contributed by atoms with Crippen molar-refractivity contribution in [1.29, 1.82) is 0 Å². The third-order valence-electron chi connectivity index (χ3n) is 3.87. The van der Waals surface area contributed by atoms with Crippen LogP contribution in [0.5, 0.6) is 0 Å². The number of piperidine rings is 1. The topological polar surface area (TPSA) is 67.1 Å². The van der Waals surface area contributed by atoms with E-state index in [1.54, 1.807) is 11.0 Å². The molecule has 2 aromatic heterocycles. The summed E-state index contributed by atoms with van der Waals surface area (Å²) < 4.78 is 1.77. The zero-order valence-corrected chi connectivity index (χ0v) is 11.2. The van der Waals surface area contributed by atoms with Gasteiger partial charge in [0.25, 0.3) is 0 Å². The molecule has 1 aliphatic heterocycles. The summed E-state index contributed by atoms with van der Waals surface area (Å²) in [4.78, 5) is 11.0. The molecule has 0 radical (unpaired) electrons. The molecule has 0 amide bonds.